The first-order chi connectivity index (χ1) is 8.99. The molecule has 1 aromatic carbocycles. The molecule has 0 aromatic heterocycles. The Kier molecular flexibility index (Phi) is 4.67. The molecule has 0 bridgehead atoms. The van der Waals surface area contributed by atoms with Crippen molar-refractivity contribution in [3.63, 3.8) is 0 Å². The lowest BCUT2D eigenvalue weighted by molar-refractivity contribution is -0.274. The van der Waals surface area contributed by atoms with Gasteiger partial charge in [0.05, 0.1) is 5.92 Å². The van der Waals surface area contributed by atoms with Gasteiger partial charge in [-0.25, -0.2) is 0 Å². The second kappa shape index (κ2) is 5.72. The molecule has 0 N–H and O–H groups in total. The molecule has 0 amide bonds. The number of ether oxygens (including phenoxy) is 1. The molecule has 0 aliphatic rings. The molecule has 0 unspecified atom stereocenters. The summed E-state index contributed by atoms with van der Waals surface area (Å²) in [4.78, 5) is 10.9. The highest BCUT2D eigenvalue weighted by Gasteiger charge is 2.41. The van der Waals surface area contributed by atoms with E-state index in [1.54, 1.807) is 0 Å². The minimum Gasteiger partial charge on any atom is -0.406 e. The summed E-state index contributed by atoms with van der Waals surface area (Å²) in [5, 5.41) is 0. The van der Waals surface area contributed by atoms with Crippen LogP contribution in [0.1, 0.15) is 24.8 Å². The monoisotopic (exact) mass is 300 g/mol. The normalized spacial score (nSPS) is 13.9. The van der Waals surface area contributed by atoms with E-state index in [9.17, 15) is 31.1 Å². The standard InChI is InChI=1S/C12H10F6O2/c1-7(19)6-10(11(13,14)15)8-2-4-9(5-3-8)20-12(16,17)18/h2-5,10H,6H2,1H3/t10-/m0/s1. The van der Waals surface area contributed by atoms with Gasteiger partial charge in [-0.2, -0.15) is 13.2 Å². The van der Waals surface area contributed by atoms with E-state index in [0.29, 0.717) is 0 Å². The fourth-order valence-corrected chi connectivity index (χ4v) is 1.61. The van der Waals surface area contributed by atoms with Crippen LogP contribution in [-0.4, -0.2) is 18.3 Å². The number of halogens is 6. The molecule has 1 aromatic rings. The lowest BCUT2D eigenvalue weighted by Gasteiger charge is -2.20. The summed E-state index contributed by atoms with van der Waals surface area (Å²) in [5.74, 6) is -3.33. The van der Waals surface area contributed by atoms with E-state index in [1.165, 1.54) is 0 Å². The quantitative estimate of drug-likeness (QED) is 0.779. The zero-order valence-corrected chi connectivity index (χ0v) is 10.2. The van der Waals surface area contributed by atoms with Crippen molar-refractivity contribution < 1.29 is 35.9 Å². The third-order valence-electron chi connectivity index (χ3n) is 2.40. The molecule has 0 aliphatic carbocycles. The van der Waals surface area contributed by atoms with Gasteiger partial charge >= 0.3 is 12.5 Å². The van der Waals surface area contributed by atoms with Gasteiger partial charge in [-0.1, -0.05) is 12.1 Å². The summed E-state index contributed by atoms with van der Waals surface area (Å²) in [6.07, 6.45) is -10.3. The average Bonchev–Trinajstić information content (AvgIpc) is 2.23. The summed E-state index contributed by atoms with van der Waals surface area (Å²) in [6.45, 7) is 1.01. The zero-order chi connectivity index (χ0) is 15.6. The number of rotatable bonds is 4. The second-order valence-electron chi connectivity index (χ2n) is 4.12. The van der Waals surface area contributed by atoms with Crippen LogP contribution >= 0.6 is 0 Å². The van der Waals surface area contributed by atoms with Crippen molar-refractivity contribution in [3.05, 3.63) is 29.8 Å². The predicted molar refractivity (Wildman–Crippen MR) is 57.2 cm³/mol. The Morgan fingerprint density at radius 1 is 1.10 bits per heavy atom. The van der Waals surface area contributed by atoms with Crippen molar-refractivity contribution in [2.45, 2.75) is 31.8 Å². The summed E-state index contributed by atoms with van der Waals surface area (Å²) >= 11 is 0. The average molecular weight is 300 g/mol. The maximum absolute atomic E-state index is 12.8. The number of alkyl halides is 6. The minimum absolute atomic E-state index is 0.290. The molecular formula is C12H10F6O2. The number of carbonyl (C=O) groups is 1. The SMILES string of the molecule is CC(=O)C[C@@H](c1ccc(OC(F)(F)F)cc1)C(F)(F)F. The van der Waals surface area contributed by atoms with E-state index >= 15 is 0 Å². The van der Waals surface area contributed by atoms with Crippen molar-refractivity contribution in [3.8, 4) is 5.75 Å². The number of hydrogen-bond acceptors (Lipinski definition) is 2. The highest BCUT2D eigenvalue weighted by atomic mass is 19.4. The number of ketones is 1. The van der Waals surface area contributed by atoms with Gasteiger partial charge in [0.15, 0.2) is 0 Å². The van der Waals surface area contributed by atoms with Crippen LogP contribution in [0, 0.1) is 0 Å². The van der Waals surface area contributed by atoms with Crippen LogP contribution in [0.15, 0.2) is 24.3 Å². The van der Waals surface area contributed by atoms with Crippen LogP contribution in [0.3, 0.4) is 0 Å². The van der Waals surface area contributed by atoms with Crippen LogP contribution in [-0.2, 0) is 4.79 Å². The van der Waals surface area contributed by atoms with Crippen molar-refractivity contribution in [2.75, 3.05) is 0 Å². The van der Waals surface area contributed by atoms with Gasteiger partial charge in [0.1, 0.15) is 11.5 Å². The van der Waals surface area contributed by atoms with Gasteiger partial charge in [0, 0.05) is 6.42 Å². The molecule has 20 heavy (non-hydrogen) atoms. The van der Waals surface area contributed by atoms with E-state index in [4.69, 9.17) is 0 Å². The number of benzene rings is 1. The van der Waals surface area contributed by atoms with Gasteiger partial charge in [0.2, 0.25) is 0 Å². The van der Waals surface area contributed by atoms with Crippen LogP contribution in [0.4, 0.5) is 26.3 Å². The van der Waals surface area contributed by atoms with E-state index < -0.39 is 36.4 Å². The predicted octanol–water partition coefficient (Wildman–Crippen LogP) is 4.21. The Morgan fingerprint density at radius 2 is 1.60 bits per heavy atom. The molecule has 0 fully saturated rings. The van der Waals surface area contributed by atoms with Crippen LogP contribution < -0.4 is 4.74 Å². The minimum atomic E-state index is -4.91. The van der Waals surface area contributed by atoms with Crippen molar-refractivity contribution in [1.29, 1.82) is 0 Å². The summed E-state index contributed by atoms with van der Waals surface area (Å²) in [7, 11) is 0. The fourth-order valence-electron chi connectivity index (χ4n) is 1.61. The topological polar surface area (TPSA) is 26.3 Å². The van der Waals surface area contributed by atoms with Crippen LogP contribution in [0.2, 0.25) is 0 Å². The van der Waals surface area contributed by atoms with E-state index in [0.717, 1.165) is 31.2 Å². The van der Waals surface area contributed by atoms with E-state index in [1.807, 2.05) is 0 Å². The highest BCUT2D eigenvalue weighted by Crippen LogP contribution is 2.38. The highest BCUT2D eigenvalue weighted by molar-refractivity contribution is 5.76. The van der Waals surface area contributed by atoms with E-state index in [-0.39, 0.29) is 5.56 Å². The first-order valence-electron chi connectivity index (χ1n) is 5.41. The zero-order valence-electron chi connectivity index (χ0n) is 10.2. The Morgan fingerprint density at radius 3 is 1.95 bits per heavy atom. The summed E-state index contributed by atoms with van der Waals surface area (Å²) in [5.41, 5.74) is -0.290. The summed E-state index contributed by atoms with van der Waals surface area (Å²) < 4.78 is 77.6. The largest absolute Gasteiger partial charge is 0.573 e. The molecule has 0 spiro atoms. The third kappa shape index (κ3) is 5.10. The van der Waals surface area contributed by atoms with Gasteiger partial charge in [-0.3, -0.25) is 0 Å². The molecule has 2 nitrogen and oxygen atoms in total. The Labute approximate surface area is 110 Å². The maximum atomic E-state index is 12.8. The van der Waals surface area contributed by atoms with Crippen LogP contribution in [0.5, 0.6) is 5.75 Å². The molecule has 8 heteroatoms. The number of hydrogen-bond donors (Lipinski definition) is 0. The Bertz CT molecular complexity index is 460. The molecule has 1 rings (SSSR count). The smallest absolute Gasteiger partial charge is 0.406 e. The Balaban J connectivity index is 2.96. The van der Waals surface area contributed by atoms with Crippen LogP contribution in [0.25, 0.3) is 0 Å². The molecule has 0 radical (unpaired) electrons. The number of carbonyl (C=O) groups excluding carboxylic acids is 1. The van der Waals surface area contributed by atoms with Gasteiger partial charge < -0.3 is 9.53 Å². The van der Waals surface area contributed by atoms with Crippen molar-refractivity contribution in [2.24, 2.45) is 0 Å². The Hall–Kier alpha value is -1.73. The molecular weight excluding hydrogens is 290 g/mol. The lowest BCUT2D eigenvalue weighted by atomic mass is 9.93. The van der Waals surface area contributed by atoms with Gasteiger partial charge in [0.25, 0.3) is 0 Å². The van der Waals surface area contributed by atoms with E-state index in [2.05, 4.69) is 4.74 Å². The lowest BCUT2D eigenvalue weighted by Crippen LogP contribution is -2.23. The third-order valence-corrected chi connectivity index (χ3v) is 2.40. The van der Waals surface area contributed by atoms with Gasteiger partial charge in [-0.15, -0.1) is 13.2 Å². The molecule has 1 atom stereocenters. The molecule has 0 heterocycles. The molecule has 0 saturated carbocycles. The van der Waals surface area contributed by atoms with Crippen molar-refractivity contribution in [1.82, 2.24) is 0 Å². The van der Waals surface area contributed by atoms with Gasteiger partial charge in [-0.05, 0) is 24.6 Å². The molecule has 0 aliphatic heterocycles. The maximum Gasteiger partial charge on any atom is 0.573 e. The number of Topliss-reactive ketones (excluding diaryl/α,β-unsaturated/α-hetero) is 1. The first kappa shape index (κ1) is 16.3. The first-order valence-corrected chi connectivity index (χ1v) is 5.41. The molecule has 0 saturated heterocycles. The summed E-state index contributed by atoms with van der Waals surface area (Å²) in [6, 6.07) is 3.29. The second-order valence-corrected chi connectivity index (χ2v) is 4.12. The fraction of sp³-hybridized carbons (Fsp3) is 0.417. The molecule has 112 valence electrons. The van der Waals surface area contributed by atoms with Crippen molar-refractivity contribution >= 4 is 5.78 Å².